The summed E-state index contributed by atoms with van der Waals surface area (Å²) in [5, 5.41) is 10.6. The highest BCUT2D eigenvalue weighted by Gasteiger charge is 2.63. The van der Waals surface area contributed by atoms with Gasteiger partial charge in [-0.05, 0) is 98.7 Å². The van der Waals surface area contributed by atoms with Gasteiger partial charge in [-0.15, -0.1) is 0 Å². The molecule has 0 unspecified atom stereocenters. The molecule has 4 aliphatic carbocycles. The van der Waals surface area contributed by atoms with Crippen molar-refractivity contribution in [3.8, 4) is 0 Å². The number of aliphatic hydroxyl groups is 1. The van der Waals surface area contributed by atoms with E-state index in [1.165, 1.54) is 38.5 Å². The molecule has 4 fully saturated rings. The van der Waals surface area contributed by atoms with Gasteiger partial charge in [0.1, 0.15) is 5.78 Å². The van der Waals surface area contributed by atoms with Crippen LogP contribution in [-0.4, -0.2) is 17.0 Å². The van der Waals surface area contributed by atoms with E-state index < -0.39 is 0 Å². The van der Waals surface area contributed by atoms with E-state index >= 15 is 0 Å². The summed E-state index contributed by atoms with van der Waals surface area (Å²) in [7, 11) is 0. The Morgan fingerprint density at radius 3 is 2.38 bits per heavy atom. The number of hydrogen-bond acceptors (Lipinski definition) is 2. The molecule has 8 atom stereocenters. The second-order valence-corrected chi connectivity index (χ2v) is 10.6. The quantitative estimate of drug-likeness (QED) is 0.735. The monoisotopic (exact) mass is 332 g/mol. The fourth-order valence-corrected chi connectivity index (χ4v) is 7.96. The van der Waals surface area contributed by atoms with Gasteiger partial charge >= 0.3 is 0 Å². The van der Waals surface area contributed by atoms with Crippen LogP contribution >= 0.6 is 0 Å². The smallest absolute Gasteiger partial charge is 0.132 e. The normalized spacial score (nSPS) is 57.0. The van der Waals surface area contributed by atoms with Crippen LogP contribution in [0.1, 0.15) is 85.5 Å². The van der Waals surface area contributed by atoms with Crippen LogP contribution in [-0.2, 0) is 4.79 Å². The zero-order chi connectivity index (χ0) is 17.3. The summed E-state index contributed by atoms with van der Waals surface area (Å²) in [6, 6.07) is 0. The second-order valence-electron chi connectivity index (χ2n) is 10.6. The standard InChI is InChI=1S/C22H36O2/c1-14(23)15-7-12-22(4)18-9-11-21(3)17(5-6-19(21)24)16(18)8-10-20(22,2)13-15/h15-19,24H,5-13H2,1-4H3/t15-,16-,17-,18-,19-,20+,21+,22-/m1/s1. The Morgan fingerprint density at radius 2 is 1.67 bits per heavy atom. The highest BCUT2D eigenvalue weighted by molar-refractivity contribution is 5.78. The Kier molecular flexibility index (Phi) is 3.78. The second kappa shape index (κ2) is 5.32. The van der Waals surface area contributed by atoms with Crippen LogP contribution in [0.15, 0.2) is 0 Å². The number of Topliss-reactive ketones (excluding diaryl/α,β-unsaturated/α-hetero) is 1. The van der Waals surface area contributed by atoms with E-state index in [1.807, 2.05) is 0 Å². The molecule has 24 heavy (non-hydrogen) atoms. The molecule has 0 amide bonds. The van der Waals surface area contributed by atoms with Gasteiger partial charge < -0.3 is 5.11 Å². The third-order valence-corrected chi connectivity index (χ3v) is 9.90. The van der Waals surface area contributed by atoms with Crippen molar-refractivity contribution in [3.05, 3.63) is 0 Å². The predicted molar refractivity (Wildman–Crippen MR) is 96.5 cm³/mol. The molecule has 0 saturated heterocycles. The molecule has 0 heterocycles. The van der Waals surface area contributed by atoms with Gasteiger partial charge in [-0.25, -0.2) is 0 Å². The molecule has 2 nitrogen and oxygen atoms in total. The lowest BCUT2D eigenvalue weighted by Gasteiger charge is -2.65. The summed E-state index contributed by atoms with van der Waals surface area (Å²) in [4.78, 5) is 12.0. The minimum atomic E-state index is -0.0713. The summed E-state index contributed by atoms with van der Waals surface area (Å²) in [5.74, 6) is 3.08. The molecule has 0 aromatic carbocycles. The van der Waals surface area contributed by atoms with Crippen molar-refractivity contribution in [2.75, 3.05) is 0 Å². The van der Waals surface area contributed by atoms with Crippen LogP contribution in [0.3, 0.4) is 0 Å². The summed E-state index contributed by atoms with van der Waals surface area (Å²) in [6.07, 6.45) is 10.8. The van der Waals surface area contributed by atoms with Crippen molar-refractivity contribution >= 4 is 5.78 Å². The summed E-state index contributed by atoms with van der Waals surface area (Å²) in [6.45, 7) is 9.23. The third-order valence-electron chi connectivity index (χ3n) is 9.90. The van der Waals surface area contributed by atoms with E-state index in [-0.39, 0.29) is 11.5 Å². The fourth-order valence-electron chi connectivity index (χ4n) is 7.96. The lowest BCUT2D eigenvalue weighted by Crippen LogP contribution is -2.58. The minimum Gasteiger partial charge on any atom is -0.393 e. The Balaban J connectivity index is 1.64. The van der Waals surface area contributed by atoms with Crippen molar-refractivity contribution < 1.29 is 9.90 Å². The van der Waals surface area contributed by atoms with E-state index in [2.05, 4.69) is 20.8 Å². The number of carbonyl (C=O) groups excluding carboxylic acids is 1. The van der Waals surface area contributed by atoms with Crippen LogP contribution in [0, 0.1) is 39.9 Å². The summed E-state index contributed by atoms with van der Waals surface area (Å²) >= 11 is 0. The molecule has 4 aliphatic rings. The van der Waals surface area contributed by atoms with Crippen molar-refractivity contribution in [2.45, 2.75) is 91.6 Å². The van der Waals surface area contributed by atoms with Gasteiger partial charge in [0.25, 0.3) is 0 Å². The minimum absolute atomic E-state index is 0.0713. The maximum absolute atomic E-state index is 12.0. The van der Waals surface area contributed by atoms with E-state index in [0.29, 0.717) is 22.5 Å². The number of rotatable bonds is 1. The van der Waals surface area contributed by atoms with Gasteiger partial charge in [0.2, 0.25) is 0 Å². The van der Waals surface area contributed by atoms with Gasteiger partial charge in [0.05, 0.1) is 6.10 Å². The van der Waals surface area contributed by atoms with Gasteiger partial charge in [0.15, 0.2) is 0 Å². The molecule has 0 radical (unpaired) electrons. The maximum Gasteiger partial charge on any atom is 0.132 e. The fraction of sp³-hybridized carbons (Fsp3) is 0.955. The molecule has 1 N–H and O–H groups in total. The van der Waals surface area contributed by atoms with E-state index in [1.54, 1.807) is 6.92 Å². The SMILES string of the molecule is CC(=O)[C@@H]1CC[C@]2(C)[C@@H]3CC[C@]4(C)[C@H](O)CC[C@@H]4[C@H]3CC[C@@]2(C)C1. The van der Waals surface area contributed by atoms with Crippen LogP contribution in [0.4, 0.5) is 0 Å². The summed E-state index contributed by atoms with van der Waals surface area (Å²) < 4.78 is 0. The molecule has 0 aromatic heterocycles. The third kappa shape index (κ3) is 2.07. The number of carbonyl (C=O) groups is 1. The first-order chi connectivity index (χ1) is 11.2. The zero-order valence-corrected chi connectivity index (χ0v) is 16.1. The Morgan fingerprint density at radius 1 is 0.917 bits per heavy atom. The first kappa shape index (κ1) is 17.1. The van der Waals surface area contributed by atoms with E-state index in [9.17, 15) is 9.90 Å². The lowest BCUT2D eigenvalue weighted by atomic mass is 9.40. The lowest BCUT2D eigenvalue weighted by molar-refractivity contribution is -0.168. The molecule has 4 rings (SSSR count). The molecule has 2 heteroatoms. The average Bonchev–Trinajstić information content (AvgIpc) is 2.83. The molecular formula is C22H36O2. The Labute approximate surface area is 147 Å². The van der Waals surface area contributed by atoms with Crippen LogP contribution in [0.2, 0.25) is 0 Å². The highest BCUT2D eigenvalue weighted by atomic mass is 16.3. The zero-order valence-electron chi connectivity index (χ0n) is 16.1. The molecular weight excluding hydrogens is 296 g/mol. The average molecular weight is 333 g/mol. The molecule has 136 valence electrons. The molecule has 4 saturated carbocycles. The van der Waals surface area contributed by atoms with Gasteiger partial charge in [-0.1, -0.05) is 20.8 Å². The predicted octanol–water partition coefficient (Wildman–Crippen LogP) is 4.99. The van der Waals surface area contributed by atoms with Gasteiger partial charge in [-0.2, -0.15) is 0 Å². The number of hydrogen-bond donors (Lipinski definition) is 1. The van der Waals surface area contributed by atoms with Crippen LogP contribution in [0.5, 0.6) is 0 Å². The first-order valence-electron chi connectivity index (χ1n) is 10.4. The molecule has 0 aromatic rings. The van der Waals surface area contributed by atoms with Gasteiger partial charge in [-0.3, -0.25) is 4.79 Å². The van der Waals surface area contributed by atoms with E-state index in [0.717, 1.165) is 37.0 Å². The number of ketones is 1. The van der Waals surface area contributed by atoms with Crippen molar-refractivity contribution in [2.24, 2.45) is 39.9 Å². The Bertz CT molecular complexity index is 542. The van der Waals surface area contributed by atoms with Crippen molar-refractivity contribution in [1.29, 1.82) is 0 Å². The number of aliphatic hydroxyl groups excluding tert-OH is 1. The molecule has 0 spiro atoms. The van der Waals surface area contributed by atoms with Crippen molar-refractivity contribution in [1.82, 2.24) is 0 Å². The van der Waals surface area contributed by atoms with Gasteiger partial charge in [0, 0.05) is 5.92 Å². The first-order valence-corrected chi connectivity index (χ1v) is 10.4. The van der Waals surface area contributed by atoms with E-state index in [4.69, 9.17) is 0 Å². The van der Waals surface area contributed by atoms with Crippen LogP contribution in [0.25, 0.3) is 0 Å². The maximum atomic E-state index is 12.0. The molecule has 0 bridgehead atoms. The number of fused-ring (bicyclic) bond motifs is 5. The topological polar surface area (TPSA) is 37.3 Å². The van der Waals surface area contributed by atoms with Crippen LogP contribution < -0.4 is 0 Å². The largest absolute Gasteiger partial charge is 0.393 e. The summed E-state index contributed by atoms with van der Waals surface area (Å²) in [5.41, 5.74) is 0.923. The molecule has 0 aliphatic heterocycles. The highest BCUT2D eigenvalue weighted by Crippen LogP contribution is 2.70. The Hall–Kier alpha value is -0.370. The van der Waals surface area contributed by atoms with Crippen molar-refractivity contribution in [3.63, 3.8) is 0 Å².